The molecule has 2 rings (SSSR count). The summed E-state index contributed by atoms with van der Waals surface area (Å²) in [7, 11) is 0. The quantitative estimate of drug-likeness (QED) is 0.770. The van der Waals surface area contributed by atoms with Crippen LogP contribution in [0, 0.1) is 0 Å². The van der Waals surface area contributed by atoms with Crippen LogP contribution in [-0.4, -0.2) is 5.91 Å². The minimum absolute atomic E-state index is 0.145. The number of benzene rings is 1. The Morgan fingerprint density at radius 1 is 1.25 bits per heavy atom. The van der Waals surface area contributed by atoms with Gasteiger partial charge in [0.05, 0.1) is 0 Å². The van der Waals surface area contributed by atoms with Crippen LogP contribution in [0.2, 0.25) is 0 Å². The van der Waals surface area contributed by atoms with E-state index in [0.717, 1.165) is 18.5 Å². The molecule has 1 amide bonds. The molecule has 1 aliphatic heterocycles. The molecule has 1 aromatic carbocycles. The number of hydrogen-bond donors (Lipinski definition) is 1. The molecule has 0 aromatic heterocycles. The standard InChI is InChI=1S/C14H19NO/c1-2-3-4-5-11-6-8-13-12(10-11)7-9-14(16)15-13/h6,8,10H,2-5,7,9H2,1H3,(H,15,16). The van der Waals surface area contributed by atoms with Crippen molar-refractivity contribution < 1.29 is 4.79 Å². The fraction of sp³-hybridized carbons (Fsp3) is 0.500. The van der Waals surface area contributed by atoms with Gasteiger partial charge < -0.3 is 5.32 Å². The first-order valence-electron chi connectivity index (χ1n) is 6.21. The number of amides is 1. The first-order valence-corrected chi connectivity index (χ1v) is 6.21. The molecule has 0 spiro atoms. The number of aryl methyl sites for hydroxylation is 2. The summed E-state index contributed by atoms with van der Waals surface area (Å²) in [6, 6.07) is 6.44. The molecular formula is C14H19NO. The van der Waals surface area contributed by atoms with Gasteiger partial charge in [0, 0.05) is 12.1 Å². The van der Waals surface area contributed by atoms with Crippen molar-refractivity contribution >= 4 is 11.6 Å². The lowest BCUT2D eigenvalue weighted by atomic mass is 9.98. The maximum absolute atomic E-state index is 11.2. The number of carbonyl (C=O) groups excluding carboxylic acids is 1. The average molecular weight is 217 g/mol. The Morgan fingerprint density at radius 3 is 2.94 bits per heavy atom. The zero-order chi connectivity index (χ0) is 11.4. The first kappa shape index (κ1) is 11.2. The van der Waals surface area contributed by atoms with Crippen molar-refractivity contribution in [3.05, 3.63) is 29.3 Å². The Balaban J connectivity index is 2.04. The van der Waals surface area contributed by atoms with E-state index in [-0.39, 0.29) is 5.91 Å². The largest absolute Gasteiger partial charge is 0.326 e. The minimum atomic E-state index is 0.145. The maximum Gasteiger partial charge on any atom is 0.224 e. The van der Waals surface area contributed by atoms with Crippen molar-refractivity contribution in [1.82, 2.24) is 0 Å². The van der Waals surface area contributed by atoms with E-state index in [4.69, 9.17) is 0 Å². The van der Waals surface area contributed by atoms with Gasteiger partial charge in [-0.15, -0.1) is 0 Å². The third-order valence-electron chi connectivity index (χ3n) is 3.13. The summed E-state index contributed by atoms with van der Waals surface area (Å²) in [6.07, 6.45) is 6.51. The summed E-state index contributed by atoms with van der Waals surface area (Å²) in [5.41, 5.74) is 3.72. The lowest BCUT2D eigenvalue weighted by Crippen LogP contribution is -2.18. The van der Waals surface area contributed by atoms with Crippen LogP contribution in [0.15, 0.2) is 18.2 Å². The van der Waals surface area contributed by atoms with Crippen molar-refractivity contribution in [1.29, 1.82) is 0 Å². The number of unbranched alkanes of at least 4 members (excludes halogenated alkanes) is 2. The van der Waals surface area contributed by atoms with E-state index < -0.39 is 0 Å². The molecule has 86 valence electrons. The molecule has 0 aliphatic carbocycles. The fourth-order valence-corrected chi connectivity index (χ4v) is 2.17. The van der Waals surface area contributed by atoms with E-state index in [1.54, 1.807) is 0 Å². The van der Waals surface area contributed by atoms with E-state index in [1.807, 2.05) is 6.07 Å². The summed E-state index contributed by atoms with van der Waals surface area (Å²) in [5.74, 6) is 0.145. The fourth-order valence-electron chi connectivity index (χ4n) is 2.17. The molecular weight excluding hydrogens is 198 g/mol. The van der Waals surface area contributed by atoms with Crippen LogP contribution in [0.4, 0.5) is 5.69 Å². The molecule has 0 bridgehead atoms. The number of hydrogen-bond acceptors (Lipinski definition) is 1. The second-order valence-corrected chi connectivity index (χ2v) is 4.50. The summed E-state index contributed by atoms with van der Waals surface area (Å²) in [6.45, 7) is 2.22. The molecule has 0 radical (unpaired) electrons. The van der Waals surface area contributed by atoms with Gasteiger partial charge in [0.15, 0.2) is 0 Å². The third-order valence-corrected chi connectivity index (χ3v) is 3.13. The van der Waals surface area contributed by atoms with E-state index in [1.165, 1.54) is 30.4 Å². The number of rotatable bonds is 4. The molecule has 2 nitrogen and oxygen atoms in total. The summed E-state index contributed by atoms with van der Waals surface area (Å²) in [4.78, 5) is 11.2. The molecule has 1 N–H and O–H groups in total. The molecule has 0 fully saturated rings. The molecule has 1 heterocycles. The van der Waals surface area contributed by atoms with Gasteiger partial charge in [-0.1, -0.05) is 31.9 Å². The Morgan fingerprint density at radius 2 is 2.12 bits per heavy atom. The summed E-state index contributed by atoms with van der Waals surface area (Å²) in [5, 5.41) is 2.92. The zero-order valence-corrected chi connectivity index (χ0v) is 9.88. The van der Waals surface area contributed by atoms with Gasteiger partial charge in [-0.2, -0.15) is 0 Å². The first-order chi connectivity index (χ1) is 7.79. The van der Waals surface area contributed by atoms with Crippen molar-refractivity contribution in [2.45, 2.75) is 45.4 Å². The number of carbonyl (C=O) groups is 1. The normalized spacial score (nSPS) is 14.4. The number of nitrogens with one attached hydrogen (secondary N) is 1. The monoisotopic (exact) mass is 217 g/mol. The van der Waals surface area contributed by atoms with Crippen LogP contribution >= 0.6 is 0 Å². The third kappa shape index (κ3) is 2.63. The van der Waals surface area contributed by atoms with Gasteiger partial charge in [-0.05, 0) is 36.5 Å². The zero-order valence-electron chi connectivity index (χ0n) is 9.88. The summed E-state index contributed by atoms with van der Waals surface area (Å²) >= 11 is 0. The van der Waals surface area contributed by atoms with Gasteiger partial charge in [0.25, 0.3) is 0 Å². The van der Waals surface area contributed by atoms with Crippen molar-refractivity contribution in [3.8, 4) is 0 Å². The molecule has 0 unspecified atom stereocenters. The molecule has 1 aromatic rings. The smallest absolute Gasteiger partial charge is 0.224 e. The lowest BCUT2D eigenvalue weighted by Gasteiger charge is -2.17. The van der Waals surface area contributed by atoms with Crippen molar-refractivity contribution in [3.63, 3.8) is 0 Å². The molecule has 16 heavy (non-hydrogen) atoms. The lowest BCUT2D eigenvalue weighted by molar-refractivity contribution is -0.116. The highest BCUT2D eigenvalue weighted by Crippen LogP contribution is 2.24. The topological polar surface area (TPSA) is 29.1 Å². The second kappa shape index (κ2) is 5.15. The van der Waals surface area contributed by atoms with E-state index >= 15 is 0 Å². The Kier molecular flexibility index (Phi) is 3.60. The van der Waals surface area contributed by atoms with E-state index in [2.05, 4.69) is 24.4 Å². The molecule has 2 heteroatoms. The van der Waals surface area contributed by atoms with Gasteiger partial charge in [-0.25, -0.2) is 0 Å². The summed E-state index contributed by atoms with van der Waals surface area (Å²) < 4.78 is 0. The predicted molar refractivity (Wildman–Crippen MR) is 66.6 cm³/mol. The van der Waals surface area contributed by atoms with Gasteiger partial charge >= 0.3 is 0 Å². The molecule has 0 saturated heterocycles. The second-order valence-electron chi connectivity index (χ2n) is 4.50. The molecule has 0 saturated carbocycles. The van der Waals surface area contributed by atoms with Crippen molar-refractivity contribution in [2.24, 2.45) is 0 Å². The molecule has 0 atom stereocenters. The van der Waals surface area contributed by atoms with E-state index in [9.17, 15) is 4.79 Å². The maximum atomic E-state index is 11.2. The van der Waals surface area contributed by atoms with Crippen LogP contribution in [0.1, 0.15) is 43.7 Å². The van der Waals surface area contributed by atoms with Gasteiger partial charge in [0.2, 0.25) is 5.91 Å². The van der Waals surface area contributed by atoms with Crippen LogP contribution in [0.3, 0.4) is 0 Å². The van der Waals surface area contributed by atoms with Gasteiger partial charge in [0.1, 0.15) is 0 Å². The Bertz CT molecular complexity index is 384. The Hall–Kier alpha value is -1.31. The average Bonchev–Trinajstić information content (AvgIpc) is 2.29. The van der Waals surface area contributed by atoms with Crippen LogP contribution in [0.5, 0.6) is 0 Å². The highest BCUT2D eigenvalue weighted by atomic mass is 16.1. The molecule has 1 aliphatic rings. The highest BCUT2D eigenvalue weighted by Gasteiger charge is 2.14. The van der Waals surface area contributed by atoms with Crippen LogP contribution in [-0.2, 0) is 17.6 Å². The predicted octanol–water partition coefficient (Wildman–Crippen LogP) is 3.30. The SMILES string of the molecule is CCCCCc1ccc2c(c1)CCC(=O)N2. The van der Waals surface area contributed by atoms with E-state index in [0.29, 0.717) is 6.42 Å². The highest BCUT2D eigenvalue weighted by molar-refractivity contribution is 5.93. The minimum Gasteiger partial charge on any atom is -0.326 e. The van der Waals surface area contributed by atoms with Crippen LogP contribution < -0.4 is 5.32 Å². The number of anilines is 1. The van der Waals surface area contributed by atoms with Gasteiger partial charge in [-0.3, -0.25) is 4.79 Å². The number of fused-ring (bicyclic) bond motifs is 1. The van der Waals surface area contributed by atoms with Crippen molar-refractivity contribution in [2.75, 3.05) is 5.32 Å². The van der Waals surface area contributed by atoms with Crippen LogP contribution in [0.25, 0.3) is 0 Å². The Labute approximate surface area is 97.1 Å².